The van der Waals surface area contributed by atoms with Crippen molar-refractivity contribution in [2.24, 2.45) is 0 Å². The van der Waals surface area contributed by atoms with E-state index in [1.807, 2.05) is 36.4 Å². The predicted molar refractivity (Wildman–Crippen MR) is 97.1 cm³/mol. The minimum absolute atomic E-state index is 0.511. The maximum absolute atomic E-state index is 8.56. The van der Waals surface area contributed by atoms with Gasteiger partial charge >= 0.3 is 0 Å². The minimum Gasteiger partial charge on any atom is -0.488 e. The van der Waals surface area contributed by atoms with Crippen LogP contribution < -0.4 is 4.74 Å². The van der Waals surface area contributed by atoms with E-state index in [-0.39, 0.29) is 0 Å². The Kier molecular flexibility index (Phi) is 4.75. The SMILES string of the molecule is N#CC=Cc1ccc(OCc2ccc3ccccc3c2)c(Br)c1. The van der Waals surface area contributed by atoms with Crippen LogP contribution >= 0.6 is 15.9 Å². The van der Waals surface area contributed by atoms with Gasteiger partial charge in [0.15, 0.2) is 0 Å². The van der Waals surface area contributed by atoms with Gasteiger partial charge in [0.05, 0.1) is 10.5 Å². The number of allylic oxidation sites excluding steroid dienone is 1. The quantitative estimate of drug-likeness (QED) is 0.555. The van der Waals surface area contributed by atoms with Gasteiger partial charge in [0.1, 0.15) is 12.4 Å². The van der Waals surface area contributed by atoms with Crippen molar-refractivity contribution in [3.05, 3.63) is 82.3 Å². The molecular weight excluding hydrogens is 350 g/mol. The molecule has 0 unspecified atom stereocenters. The van der Waals surface area contributed by atoms with Crippen molar-refractivity contribution in [1.29, 1.82) is 5.26 Å². The van der Waals surface area contributed by atoms with Crippen molar-refractivity contribution in [2.75, 3.05) is 0 Å². The molecule has 0 spiro atoms. The average molecular weight is 364 g/mol. The first kappa shape index (κ1) is 15.3. The molecule has 0 aliphatic rings. The van der Waals surface area contributed by atoms with Crippen LogP contribution in [-0.4, -0.2) is 0 Å². The fourth-order valence-electron chi connectivity index (χ4n) is 2.36. The first-order valence-corrected chi connectivity index (χ1v) is 8.02. The van der Waals surface area contributed by atoms with Gasteiger partial charge in [0.2, 0.25) is 0 Å². The van der Waals surface area contributed by atoms with E-state index in [4.69, 9.17) is 10.00 Å². The summed E-state index contributed by atoms with van der Waals surface area (Å²) in [4.78, 5) is 0. The summed E-state index contributed by atoms with van der Waals surface area (Å²) in [5.74, 6) is 0.785. The molecule has 0 fully saturated rings. The third kappa shape index (κ3) is 3.80. The predicted octanol–water partition coefficient (Wildman–Crippen LogP) is 5.72. The van der Waals surface area contributed by atoms with Gasteiger partial charge in [-0.15, -0.1) is 0 Å². The van der Waals surface area contributed by atoms with Crippen LogP contribution in [0.25, 0.3) is 16.8 Å². The molecule has 0 aliphatic heterocycles. The molecule has 3 rings (SSSR count). The Morgan fingerprint density at radius 1 is 1.00 bits per heavy atom. The van der Waals surface area contributed by atoms with Crippen molar-refractivity contribution in [2.45, 2.75) is 6.61 Å². The fraction of sp³-hybridized carbons (Fsp3) is 0.0500. The molecule has 0 amide bonds. The highest BCUT2D eigenvalue weighted by Crippen LogP contribution is 2.27. The van der Waals surface area contributed by atoms with Crippen molar-refractivity contribution < 1.29 is 4.74 Å². The van der Waals surface area contributed by atoms with E-state index in [9.17, 15) is 0 Å². The van der Waals surface area contributed by atoms with E-state index < -0.39 is 0 Å². The second-order valence-electron chi connectivity index (χ2n) is 5.12. The number of benzene rings is 3. The van der Waals surface area contributed by atoms with Crippen LogP contribution in [0.3, 0.4) is 0 Å². The fourth-order valence-corrected chi connectivity index (χ4v) is 2.87. The molecule has 0 aliphatic carbocycles. The van der Waals surface area contributed by atoms with Crippen molar-refractivity contribution >= 4 is 32.8 Å². The standard InChI is InChI=1S/C20H14BrNO/c21-19-13-15(4-3-11-22)8-10-20(19)23-14-16-7-9-17-5-1-2-6-18(17)12-16/h1-10,12-13H,14H2. The number of fused-ring (bicyclic) bond motifs is 1. The highest BCUT2D eigenvalue weighted by Gasteiger charge is 2.03. The molecule has 3 aromatic rings. The maximum atomic E-state index is 8.56. The van der Waals surface area contributed by atoms with Gasteiger partial charge in [-0.3, -0.25) is 0 Å². The molecule has 0 bridgehead atoms. The van der Waals surface area contributed by atoms with Crippen LogP contribution in [-0.2, 0) is 6.61 Å². The summed E-state index contributed by atoms with van der Waals surface area (Å²) in [6.07, 6.45) is 3.22. The van der Waals surface area contributed by atoms with Gasteiger partial charge < -0.3 is 4.74 Å². The molecule has 3 heteroatoms. The Balaban J connectivity index is 1.74. The molecule has 112 valence electrons. The zero-order chi connectivity index (χ0) is 16.1. The summed E-state index contributed by atoms with van der Waals surface area (Å²) >= 11 is 3.51. The third-order valence-corrected chi connectivity index (χ3v) is 4.13. The number of nitriles is 1. The lowest BCUT2D eigenvalue weighted by molar-refractivity contribution is 0.304. The monoisotopic (exact) mass is 363 g/mol. The Bertz CT molecular complexity index is 909. The van der Waals surface area contributed by atoms with Gasteiger partial charge in [-0.2, -0.15) is 5.26 Å². The average Bonchev–Trinajstić information content (AvgIpc) is 2.59. The number of ether oxygens (including phenoxy) is 1. The molecule has 0 N–H and O–H groups in total. The smallest absolute Gasteiger partial charge is 0.134 e. The summed E-state index contributed by atoms with van der Waals surface area (Å²) in [6.45, 7) is 0.511. The number of rotatable bonds is 4. The minimum atomic E-state index is 0.511. The summed E-state index contributed by atoms with van der Waals surface area (Å²) in [5, 5.41) is 11.0. The molecule has 0 radical (unpaired) electrons. The van der Waals surface area contributed by atoms with Crippen LogP contribution in [0.2, 0.25) is 0 Å². The van der Waals surface area contributed by atoms with E-state index in [1.165, 1.54) is 16.8 Å². The first-order valence-electron chi connectivity index (χ1n) is 7.22. The highest BCUT2D eigenvalue weighted by atomic mass is 79.9. The molecular formula is C20H14BrNO. The summed E-state index contributed by atoms with van der Waals surface area (Å²) in [7, 11) is 0. The maximum Gasteiger partial charge on any atom is 0.134 e. The van der Waals surface area contributed by atoms with Crippen LogP contribution in [0, 0.1) is 11.3 Å². The van der Waals surface area contributed by atoms with Crippen LogP contribution in [0.4, 0.5) is 0 Å². The molecule has 2 nitrogen and oxygen atoms in total. The summed E-state index contributed by atoms with van der Waals surface area (Å²) < 4.78 is 6.77. The van der Waals surface area contributed by atoms with Crippen LogP contribution in [0.15, 0.2) is 71.2 Å². The molecule has 23 heavy (non-hydrogen) atoms. The zero-order valence-corrected chi connectivity index (χ0v) is 14.0. The normalized spacial score (nSPS) is 10.8. The first-order chi connectivity index (χ1) is 11.3. The van der Waals surface area contributed by atoms with Crippen molar-refractivity contribution in [3.63, 3.8) is 0 Å². The number of hydrogen-bond acceptors (Lipinski definition) is 2. The molecule has 0 saturated heterocycles. The van der Waals surface area contributed by atoms with E-state index in [1.54, 1.807) is 6.08 Å². The lowest BCUT2D eigenvalue weighted by Crippen LogP contribution is -1.96. The Labute approximate surface area is 143 Å². The van der Waals surface area contributed by atoms with Crippen LogP contribution in [0.1, 0.15) is 11.1 Å². The number of nitrogens with zero attached hydrogens (tertiary/aromatic N) is 1. The lowest BCUT2D eigenvalue weighted by Gasteiger charge is -2.09. The molecule has 0 aromatic heterocycles. The second kappa shape index (κ2) is 7.13. The third-order valence-electron chi connectivity index (χ3n) is 3.51. The summed E-state index contributed by atoms with van der Waals surface area (Å²) in [6, 6.07) is 22.4. The summed E-state index contributed by atoms with van der Waals surface area (Å²) in [5.41, 5.74) is 2.08. The van der Waals surface area contributed by atoms with E-state index in [0.717, 1.165) is 21.3 Å². The topological polar surface area (TPSA) is 33.0 Å². The van der Waals surface area contributed by atoms with E-state index >= 15 is 0 Å². The largest absolute Gasteiger partial charge is 0.488 e. The Morgan fingerprint density at radius 2 is 1.83 bits per heavy atom. The van der Waals surface area contributed by atoms with Crippen molar-refractivity contribution in [1.82, 2.24) is 0 Å². The van der Waals surface area contributed by atoms with Gasteiger partial charge in [-0.1, -0.05) is 42.5 Å². The number of halogens is 1. The van der Waals surface area contributed by atoms with Gasteiger partial charge in [-0.05, 0) is 62.1 Å². The van der Waals surface area contributed by atoms with Gasteiger partial charge in [0, 0.05) is 6.08 Å². The lowest BCUT2D eigenvalue weighted by atomic mass is 10.1. The molecule has 0 saturated carbocycles. The molecule has 3 aromatic carbocycles. The number of hydrogen-bond donors (Lipinski definition) is 0. The van der Waals surface area contributed by atoms with E-state index in [2.05, 4.69) is 46.3 Å². The second-order valence-corrected chi connectivity index (χ2v) is 5.98. The van der Waals surface area contributed by atoms with E-state index in [0.29, 0.717) is 6.61 Å². The Hall–Kier alpha value is -2.57. The molecule has 0 atom stereocenters. The van der Waals surface area contributed by atoms with Gasteiger partial charge in [-0.25, -0.2) is 0 Å². The zero-order valence-electron chi connectivity index (χ0n) is 12.4. The molecule has 0 heterocycles. The van der Waals surface area contributed by atoms with Gasteiger partial charge in [0.25, 0.3) is 0 Å². The Morgan fingerprint density at radius 3 is 2.61 bits per heavy atom. The van der Waals surface area contributed by atoms with Crippen LogP contribution in [0.5, 0.6) is 5.75 Å². The van der Waals surface area contributed by atoms with Crippen molar-refractivity contribution in [3.8, 4) is 11.8 Å². The highest BCUT2D eigenvalue weighted by molar-refractivity contribution is 9.10.